The lowest BCUT2D eigenvalue weighted by Crippen LogP contribution is -2.48. The van der Waals surface area contributed by atoms with Crippen molar-refractivity contribution in [1.29, 1.82) is 5.26 Å². The van der Waals surface area contributed by atoms with Crippen LogP contribution in [0.4, 0.5) is 26.3 Å². The van der Waals surface area contributed by atoms with Crippen LogP contribution >= 0.6 is 0 Å². The summed E-state index contributed by atoms with van der Waals surface area (Å²) in [5, 5.41) is 11.8. The van der Waals surface area contributed by atoms with E-state index >= 15 is 0 Å². The summed E-state index contributed by atoms with van der Waals surface area (Å²) in [5.74, 6) is -1.78. The Bertz CT molecular complexity index is 970. The third kappa shape index (κ3) is 7.99. The standard InChI is InChI=1S/C20H16F6N2O4/c1-18(11-27,12-30-10-14-4-2-3-5-16(14)32-20(24,25)26)28-17(29)13-6-8-15(9-7-13)31-19(21,22)23/h2-9H,10,12H2,1H3,(H,28,29). The minimum absolute atomic E-state index is 0.0510. The number of hydrogen-bond donors (Lipinski definition) is 1. The fraction of sp³-hybridized carbons (Fsp3) is 0.300. The second kappa shape index (κ2) is 9.78. The summed E-state index contributed by atoms with van der Waals surface area (Å²) in [4.78, 5) is 12.3. The molecule has 12 heteroatoms. The summed E-state index contributed by atoms with van der Waals surface area (Å²) in [6, 6.07) is 11.1. The second-order valence-corrected chi connectivity index (χ2v) is 6.62. The van der Waals surface area contributed by atoms with Gasteiger partial charge in [0.1, 0.15) is 17.0 Å². The van der Waals surface area contributed by atoms with Gasteiger partial charge in [-0.05, 0) is 37.3 Å². The van der Waals surface area contributed by atoms with Crippen molar-refractivity contribution in [2.75, 3.05) is 6.61 Å². The van der Waals surface area contributed by atoms with Crippen LogP contribution in [0.25, 0.3) is 0 Å². The number of amides is 1. The molecule has 172 valence electrons. The Labute approximate surface area is 178 Å². The fourth-order valence-electron chi connectivity index (χ4n) is 2.44. The van der Waals surface area contributed by atoms with Crippen molar-refractivity contribution in [1.82, 2.24) is 5.32 Å². The number of carbonyl (C=O) groups is 1. The number of para-hydroxylation sites is 1. The van der Waals surface area contributed by atoms with Crippen molar-refractivity contribution >= 4 is 5.91 Å². The largest absolute Gasteiger partial charge is 0.573 e. The first-order valence-electron chi connectivity index (χ1n) is 8.81. The molecule has 0 saturated heterocycles. The van der Waals surface area contributed by atoms with Crippen LogP contribution in [-0.2, 0) is 11.3 Å². The highest BCUT2D eigenvalue weighted by molar-refractivity contribution is 5.95. The molecule has 0 aliphatic carbocycles. The van der Waals surface area contributed by atoms with Gasteiger partial charge >= 0.3 is 12.7 Å². The predicted molar refractivity (Wildman–Crippen MR) is 97.4 cm³/mol. The molecule has 0 bridgehead atoms. The number of ether oxygens (including phenoxy) is 3. The number of nitrogens with one attached hydrogen (secondary N) is 1. The number of alkyl halides is 6. The van der Waals surface area contributed by atoms with E-state index in [1.165, 1.54) is 25.1 Å². The molecule has 0 saturated carbocycles. The quantitative estimate of drug-likeness (QED) is 0.575. The van der Waals surface area contributed by atoms with Gasteiger partial charge in [0.15, 0.2) is 0 Å². The molecule has 32 heavy (non-hydrogen) atoms. The van der Waals surface area contributed by atoms with Gasteiger partial charge in [0.2, 0.25) is 0 Å². The van der Waals surface area contributed by atoms with Crippen LogP contribution in [-0.4, -0.2) is 30.8 Å². The van der Waals surface area contributed by atoms with E-state index in [-0.39, 0.29) is 17.7 Å². The smallest absolute Gasteiger partial charge is 0.406 e. The zero-order valence-electron chi connectivity index (χ0n) is 16.4. The number of nitrogens with zero attached hydrogens (tertiary/aromatic N) is 1. The minimum Gasteiger partial charge on any atom is -0.406 e. The summed E-state index contributed by atoms with van der Waals surface area (Å²) in [7, 11) is 0. The molecule has 0 aliphatic heterocycles. The van der Waals surface area contributed by atoms with E-state index in [1.807, 2.05) is 6.07 Å². The van der Waals surface area contributed by atoms with E-state index in [4.69, 9.17) is 4.74 Å². The maximum absolute atomic E-state index is 12.5. The lowest BCUT2D eigenvalue weighted by Gasteiger charge is -2.23. The van der Waals surface area contributed by atoms with E-state index in [9.17, 15) is 36.4 Å². The fourth-order valence-corrected chi connectivity index (χ4v) is 2.44. The van der Waals surface area contributed by atoms with E-state index in [2.05, 4.69) is 14.8 Å². The summed E-state index contributed by atoms with van der Waals surface area (Å²) in [6.07, 6.45) is -9.78. The van der Waals surface area contributed by atoms with Gasteiger partial charge in [0.25, 0.3) is 5.91 Å². The zero-order valence-corrected chi connectivity index (χ0v) is 16.4. The van der Waals surface area contributed by atoms with Crippen LogP contribution in [0.5, 0.6) is 11.5 Å². The number of halogens is 6. The maximum atomic E-state index is 12.5. The van der Waals surface area contributed by atoms with Gasteiger partial charge in [-0.2, -0.15) is 5.26 Å². The third-order valence-electron chi connectivity index (χ3n) is 3.83. The van der Waals surface area contributed by atoms with Crippen molar-refractivity contribution < 1.29 is 45.3 Å². The third-order valence-corrected chi connectivity index (χ3v) is 3.83. The molecule has 0 spiro atoms. The summed E-state index contributed by atoms with van der Waals surface area (Å²) in [6.45, 7) is 0.567. The molecule has 0 radical (unpaired) electrons. The number of carbonyl (C=O) groups excluding carboxylic acids is 1. The first-order chi connectivity index (χ1) is 14.8. The Balaban J connectivity index is 1.98. The van der Waals surface area contributed by atoms with Crippen LogP contribution in [0.15, 0.2) is 48.5 Å². The van der Waals surface area contributed by atoms with Crippen molar-refractivity contribution in [3.05, 3.63) is 59.7 Å². The average molecular weight is 462 g/mol. The molecule has 2 aromatic rings. The van der Waals surface area contributed by atoms with Crippen LogP contribution < -0.4 is 14.8 Å². The molecular formula is C20H16F6N2O4. The summed E-state index contributed by atoms with van der Waals surface area (Å²) >= 11 is 0. The molecule has 1 amide bonds. The molecule has 0 heterocycles. The molecule has 1 atom stereocenters. The van der Waals surface area contributed by atoms with Gasteiger partial charge in [-0.3, -0.25) is 4.79 Å². The number of rotatable bonds is 8. The van der Waals surface area contributed by atoms with Crippen molar-refractivity contribution in [3.63, 3.8) is 0 Å². The Morgan fingerprint density at radius 3 is 2.12 bits per heavy atom. The van der Waals surface area contributed by atoms with Gasteiger partial charge in [-0.25, -0.2) is 0 Å². The molecule has 1 N–H and O–H groups in total. The van der Waals surface area contributed by atoms with E-state index in [0.29, 0.717) is 0 Å². The number of benzene rings is 2. The van der Waals surface area contributed by atoms with E-state index in [1.54, 1.807) is 0 Å². The highest BCUT2D eigenvalue weighted by Gasteiger charge is 2.33. The first kappa shape index (κ1) is 24.8. The van der Waals surface area contributed by atoms with Gasteiger partial charge in [0, 0.05) is 11.1 Å². The maximum Gasteiger partial charge on any atom is 0.573 e. The summed E-state index contributed by atoms with van der Waals surface area (Å²) in [5.41, 5.74) is -1.57. The van der Waals surface area contributed by atoms with Crippen LogP contribution in [0, 0.1) is 11.3 Å². The van der Waals surface area contributed by atoms with Crippen molar-refractivity contribution in [2.45, 2.75) is 31.8 Å². The van der Waals surface area contributed by atoms with Crippen molar-refractivity contribution in [2.24, 2.45) is 0 Å². The monoisotopic (exact) mass is 462 g/mol. The van der Waals surface area contributed by atoms with Crippen LogP contribution in [0.1, 0.15) is 22.8 Å². The van der Waals surface area contributed by atoms with Gasteiger partial charge in [-0.1, -0.05) is 18.2 Å². The molecule has 1 unspecified atom stereocenters. The van der Waals surface area contributed by atoms with Crippen LogP contribution in [0.2, 0.25) is 0 Å². The van der Waals surface area contributed by atoms with Gasteiger partial charge in [-0.15, -0.1) is 26.3 Å². The Morgan fingerprint density at radius 2 is 1.56 bits per heavy atom. The zero-order chi connectivity index (χ0) is 24.0. The molecule has 0 fully saturated rings. The lowest BCUT2D eigenvalue weighted by atomic mass is 10.0. The Kier molecular flexibility index (Phi) is 7.58. The number of hydrogen-bond acceptors (Lipinski definition) is 5. The summed E-state index contributed by atoms with van der Waals surface area (Å²) < 4.78 is 87.0. The first-order valence-corrected chi connectivity index (χ1v) is 8.81. The van der Waals surface area contributed by atoms with Gasteiger partial charge in [0.05, 0.1) is 19.3 Å². The molecule has 0 aromatic heterocycles. The molecular weight excluding hydrogens is 446 g/mol. The lowest BCUT2D eigenvalue weighted by molar-refractivity contribution is -0.275. The van der Waals surface area contributed by atoms with Gasteiger partial charge < -0.3 is 19.5 Å². The molecule has 2 aromatic carbocycles. The molecule has 6 nitrogen and oxygen atoms in total. The molecule has 0 aliphatic rings. The van der Waals surface area contributed by atoms with Crippen LogP contribution in [0.3, 0.4) is 0 Å². The normalized spacial score (nSPS) is 13.6. The topological polar surface area (TPSA) is 80.6 Å². The Morgan fingerprint density at radius 1 is 0.969 bits per heavy atom. The van der Waals surface area contributed by atoms with Crippen molar-refractivity contribution in [3.8, 4) is 17.6 Å². The predicted octanol–water partition coefficient (Wildman–Crippen LogP) is 4.71. The van der Waals surface area contributed by atoms with E-state index < -0.39 is 42.3 Å². The molecule has 2 rings (SSSR count). The number of nitriles is 1. The second-order valence-electron chi connectivity index (χ2n) is 6.62. The SMILES string of the molecule is CC(C#N)(COCc1ccccc1OC(F)(F)F)NC(=O)c1ccc(OC(F)(F)F)cc1. The highest BCUT2D eigenvalue weighted by Crippen LogP contribution is 2.27. The highest BCUT2D eigenvalue weighted by atomic mass is 19.4. The van der Waals surface area contributed by atoms with E-state index in [0.717, 1.165) is 30.3 Å². The minimum atomic E-state index is -4.90. The Hall–Kier alpha value is -3.46. The average Bonchev–Trinajstić information content (AvgIpc) is 2.67.